The van der Waals surface area contributed by atoms with E-state index in [1.807, 2.05) is 11.3 Å². The number of benzene rings is 6. The molecule has 0 radical (unpaired) electrons. The molecule has 0 atom stereocenters. The Morgan fingerprint density at radius 2 is 1.33 bits per heavy atom. The molecular formula is C43H27NS. The highest BCUT2D eigenvalue weighted by Crippen LogP contribution is 2.50. The number of hydrogen-bond donors (Lipinski definition) is 0. The molecule has 45 heavy (non-hydrogen) atoms. The summed E-state index contributed by atoms with van der Waals surface area (Å²) in [4.78, 5) is 0. The summed E-state index contributed by atoms with van der Waals surface area (Å²) in [6.07, 6.45) is 4.48. The van der Waals surface area contributed by atoms with E-state index in [2.05, 4.69) is 144 Å². The number of fused-ring (bicyclic) bond motifs is 11. The first-order chi connectivity index (χ1) is 22.3. The second-order valence-electron chi connectivity index (χ2n) is 12.1. The van der Waals surface area contributed by atoms with Gasteiger partial charge in [0.05, 0.1) is 11.2 Å². The zero-order chi connectivity index (χ0) is 29.6. The fourth-order valence-corrected chi connectivity index (χ4v) is 9.16. The number of thiophene rings is 1. The minimum absolute atomic E-state index is 0.970. The van der Waals surface area contributed by atoms with Gasteiger partial charge >= 0.3 is 0 Å². The van der Waals surface area contributed by atoms with Crippen LogP contribution in [0.4, 0.5) is 0 Å². The summed E-state index contributed by atoms with van der Waals surface area (Å²) in [5.41, 5.74) is 17.3. The van der Waals surface area contributed by atoms with Crippen molar-refractivity contribution in [2.45, 2.75) is 12.8 Å². The van der Waals surface area contributed by atoms with Crippen molar-refractivity contribution < 1.29 is 0 Å². The molecule has 0 N–H and O–H groups in total. The molecule has 8 aromatic rings. The molecule has 210 valence electrons. The molecule has 10 rings (SSSR count). The molecule has 0 unspecified atom stereocenters. The minimum atomic E-state index is 0.970. The van der Waals surface area contributed by atoms with Gasteiger partial charge in [-0.1, -0.05) is 104 Å². The monoisotopic (exact) mass is 589 g/mol. The lowest BCUT2D eigenvalue weighted by Gasteiger charge is -2.20. The number of allylic oxidation sites excluding steroid dienone is 1. The van der Waals surface area contributed by atoms with Gasteiger partial charge in [-0.25, -0.2) is 0 Å². The number of rotatable bonds is 2. The van der Waals surface area contributed by atoms with E-state index in [-0.39, 0.29) is 0 Å². The normalized spacial score (nSPS) is 13.7. The molecule has 0 fully saturated rings. The van der Waals surface area contributed by atoms with Crippen molar-refractivity contribution in [2.24, 2.45) is 0 Å². The molecule has 0 bridgehead atoms. The third kappa shape index (κ3) is 3.38. The Morgan fingerprint density at radius 3 is 2.24 bits per heavy atom. The van der Waals surface area contributed by atoms with Gasteiger partial charge in [-0.15, -0.1) is 17.1 Å². The SMILES string of the molecule is C=C=C1c2ccccc2-c2c1cccc2-n1c2c(c3c4c(ccc31)sc1ccccc14)C=C(c1cccc3ccccc13)CC2. The molecule has 0 aliphatic heterocycles. The molecule has 2 aromatic heterocycles. The third-order valence-corrected chi connectivity index (χ3v) is 11.0. The summed E-state index contributed by atoms with van der Waals surface area (Å²) in [6, 6.07) is 44.6. The van der Waals surface area contributed by atoms with Crippen LogP contribution in [0.2, 0.25) is 0 Å². The van der Waals surface area contributed by atoms with Gasteiger partial charge in [-0.2, -0.15) is 0 Å². The van der Waals surface area contributed by atoms with E-state index in [4.69, 9.17) is 0 Å². The van der Waals surface area contributed by atoms with Crippen molar-refractivity contribution in [3.05, 3.63) is 162 Å². The van der Waals surface area contributed by atoms with E-state index >= 15 is 0 Å². The number of aromatic nitrogens is 1. The fourth-order valence-electron chi connectivity index (χ4n) is 8.04. The number of nitrogens with zero attached hydrogens (tertiary/aromatic N) is 1. The summed E-state index contributed by atoms with van der Waals surface area (Å²) in [5.74, 6) is 0. The Hall–Kier alpha value is -5.40. The second kappa shape index (κ2) is 9.30. The second-order valence-corrected chi connectivity index (χ2v) is 13.2. The summed E-state index contributed by atoms with van der Waals surface area (Å²) >= 11 is 1.90. The lowest BCUT2D eigenvalue weighted by Crippen LogP contribution is -2.06. The van der Waals surface area contributed by atoms with E-state index in [0.29, 0.717) is 0 Å². The van der Waals surface area contributed by atoms with E-state index in [1.165, 1.54) is 92.2 Å². The molecule has 2 heteroatoms. The molecule has 0 amide bonds. The molecule has 2 aliphatic carbocycles. The maximum Gasteiger partial charge on any atom is 0.0545 e. The zero-order valence-electron chi connectivity index (χ0n) is 24.6. The Morgan fingerprint density at radius 1 is 0.600 bits per heavy atom. The molecule has 2 heterocycles. The molecule has 0 saturated heterocycles. The van der Waals surface area contributed by atoms with Crippen LogP contribution in [0.3, 0.4) is 0 Å². The average molecular weight is 590 g/mol. The lowest BCUT2D eigenvalue weighted by atomic mass is 9.88. The zero-order valence-corrected chi connectivity index (χ0v) is 25.4. The van der Waals surface area contributed by atoms with Crippen molar-refractivity contribution in [1.29, 1.82) is 0 Å². The molecule has 6 aromatic carbocycles. The van der Waals surface area contributed by atoms with Crippen LogP contribution in [0.5, 0.6) is 0 Å². The Balaban J connectivity index is 1.34. The predicted octanol–water partition coefficient (Wildman–Crippen LogP) is 11.8. The highest BCUT2D eigenvalue weighted by atomic mass is 32.1. The average Bonchev–Trinajstić information content (AvgIpc) is 3.75. The van der Waals surface area contributed by atoms with Crippen LogP contribution < -0.4 is 0 Å². The van der Waals surface area contributed by atoms with Gasteiger partial charge < -0.3 is 4.57 Å². The first-order valence-corrected chi connectivity index (χ1v) is 16.4. The molecule has 1 nitrogen and oxygen atoms in total. The fraction of sp³-hybridized carbons (Fsp3) is 0.0465. The van der Waals surface area contributed by atoms with Crippen LogP contribution in [0.15, 0.2) is 134 Å². The van der Waals surface area contributed by atoms with E-state index in [1.54, 1.807) is 0 Å². The molecule has 0 spiro atoms. The van der Waals surface area contributed by atoms with Crippen molar-refractivity contribution >= 4 is 70.4 Å². The van der Waals surface area contributed by atoms with E-state index in [9.17, 15) is 0 Å². The van der Waals surface area contributed by atoms with Crippen LogP contribution in [0.1, 0.15) is 34.4 Å². The van der Waals surface area contributed by atoms with Crippen LogP contribution in [-0.2, 0) is 6.42 Å². The maximum atomic E-state index is 4.09. The Labute approximate surface area is 265 Å². The van der Waals surface area contributed by atoms with Gasteiger partial charge in [0, 0.05) is 48.0 Å². The highest BCUT2D eigenvalue weighted by molar-refractivity contribution is 7.26. The maximum absolute atomic E-state index is 4.09. The van der Waals surface area contributed by atoms with Crippen LogP contribution in [-0.4, -0.2) is 4.57 Å². The summed E-state index contributed by atoms with van der Waals surface area (Å²) < 4.78 is 5.26. The summed E-state index contributed by atoms with van der Waals surface area (Å²) in [5, 5.41) is 6.69. The standard InChI is InChI=1S/C43H27NS/c1-2-28-31-14-5-6-15-33(31)41-32(28)18-10-19-37(41)44-36-22-21-27(30-17-9-12-26-11-3-4-13-29(26)30)25-35(36)42-38(44)23-24-40-43(42)34-16-7-8-20-39(34)45-40/h3-20,23-25H,1,21-22H2. The highest BCUT2D eigenvalue weighted by Gasteiger charge is 2.30. The topological polar surface area (TPSA) is 4.93 Å². The van der Waals surface area contributed by atoms with Gasteiger partial charge in [-0.3, -0.25) is 0 Å². The van der Waals surface area contributed by atoms with Crippen LogP contribution >= 0.6 is 11.3 Å². The summed E-state index contributed by atoms with van der Waals surface area (Å²) in [6.45, 7) is 4.09. The van der Waals surface area contributed by atoms with Gasteiger partial charge in [0.1, 0.15) is 0 Å². The van der Waals surface area contributed by atoms with Gasteiger partial charge in [0.25, 0.3) is 0 Å². The molecule has 0 saturated carbocycles. The Bertz CT molecular complexity index is 2650. The van der Waals surface area contributed by atoms with Crippen molar-refractivity contribution in [3.8, 4) is 16.8 Å². The van der Waals surface area contributed by atoms with Crippen LogP contribution in [0, 0.1) is 0 Å². The van der Waals surface area contributed by atoms with Gasteiger partial charge in [0.15, 0.2) is 0 Å². The van der Waals surface area contributed by atoms with E-state index in [0.717, 1.165) is 18.4 Å². The molecule has 2 aliphatic rings. The van der Waals surface area contributed by atoms with Crippen molar-refractivity contribution in [2.75, 3.05) is 0 Å². The largest absolute Gasteiger partial charge is 0.312 e. The van der Waals surface area contributed by atoms with Gasteiger partial charge in [-0.05, 0) is 81.8 Å². The Kier molecular flexibility index (Phi) is 5.16. The van der Waals surface area contributed by atoms with Crippen LogP contribution in [0.25, 0.3) is 75.9 Å². The lowest BCUT2D eigenvalue weighted by molar-refractivity contribution is 0.899. The van der Waals surface area contributed by atoms with Crippen molar-refractivity contribution in [3.63, 3.8) is 0 Å². The minimum Gasteiger partial charge on any atom is -0.312 e. The molecular weight excluding hydrogens is 563 g/mol. The van der Waals surface area contributed by atoms with E-state index < -0.39 is 0 Å². The predicted molar refractivity (Wildman–Crippen MR) is 193 cm³/mol. The number of hydrogen-bond acceptors (Lipinski definition) is 1. The summed E-state index contributed by atoms with van der Waals surface area (Å²) in [7, 11) is 0. The first-order valence-electron chi connectivity index (χ1n) is 15.6. The third-order valence-electron chi connectivity index (χ3n) is 9.89. The smallest absolute Gasteiger partial charge is 0.0545 e. The van der Waals surface area contributed by atoms with Crippen molar-refractivity contribution in [1.82, 2.24) is 4.57 Å². The van der Waals surface area contributed by atoms with Gasteiger partial charge in [0.2, 0.25) is 0 Å². The first kappa shape index (κ1) is 25.0. The quantitative estimate of drug-likeness (QED) is 0.177.